The summed E-state index contributed by atoms with van der Waals surface area (Å²) in [5, 5.41) is 8.36. The summed E-state index contributed by atoms with van der Waals surface area (Å²) in [5.74, 6) is -5.21. The van der Waals surface area contributed by atoms with E-state index in [1.807, 2.05) is 0 Å². The fraction of sp³-hybridized carbons (Fsp3) is 0.833. The molecule has 0 saturated heterocycles. The molecule has 0 fully saturated rings. The van der Waals surface area contributed by atoms with Crippen LogP contribution in [0.3, 0.4) is 0 Å². The van der Waals surface area contributed by atoms with E-state index in [0.717, 1.165) is 6.92 Å². The molecular weight excluding hydrogens is 170 g/mol. The number of rotatable bonds is 4. The number of nitrogens with two attached hydrogens (primary N) is 2. The van der Waals surface area contributed by atoms with Crippen LogP contribution in [0.1, 0.15) is 13.3 Å². The van der Waals surface area contributed by atoms with Gasteiger partial charge in [0.15, 0.2) is 5.54 Å². The number of aliphatic carboxylic acids is 1. The maximum atomic E-state index is 12.9. The minimum absolute atomic E-state index is 0.299. The average Bonchev–Trinajstić information content (AvgIpc) is 1.86. The number of alkyl halides is 2. The maximum absolute atomic E-state index is 12.9. The van der Waals surface area contributed by atoms with Crippen LogP contribution in [0, 0.1) is 0 Å². The Morgan fingerprint density at radius 3 is 2.25 bits per heavy atom. The number of carbonyl (C=O) groups is 1. The van der Waals surface area contributed by atoms with E-state index in [9.17, 15) is 13.6 Å². The van der Waals surface area contributed by atoms with Crippen LogP contribution in [0.5, 0.6) is 0 Å². The first-order valence-corrected chi connectivity index (χ1v) is 3.36. The fourth-order valence-electron chi connectivity index (χ4n) is 0.597. The third-order valence-electron chi connectivity index (χ3n) is 1.66. The summed E-state index contributed by atoms with van der Waals surface area (Å²) < 4.78 is 25.7. The Balaban J connectivity index is 4.62. The molecule has 0 aliphatic rings. The van der Waals surface area contributed by atoms with Crippen molar-refractivity contribution in [2.75, 3.05) is 6.54 Å². The van der Waals surface area contributed by atoms with Gasteiger partial charge >= 0.3 is 5.97 Å². The summed E-state index contributed by atoms with van der Waals surface area (Å²) in [5.41, 5.74) is 7.25. The van der Waals surface area contributed by atoms with Gasteiger partial charge in [-0.05, 0) is 13.5 Å². The summed E-state index contributed by atoms with van der Waals surface area (Å²) in [7, 11) is 0. The molecule has 0 unspecified atom stereocenters. The lowest BCUT2D eigenvalue weighted by atomic mass is 9.92. The SMILES string of the molecule is C[C@@](N)(C(=O)O)C(F)(F)CCN. The topological polar surface area (TPSA) is 89.3 Å². The quantitative estimate of drug-likeness (QED) is 0.560. The van der Waals surface area contributed by atoms with E-state index in [-0.39, 0.29) is 6.54 Å². The van der Waals surface area contributed by atoms with Crippen molar-refractivity contribution in [2.24, 2.45) is 11.5 Å². The molecule has 0 saturated carbocycles. The molecule has 0 aromatic rings. The molecule has 4 nitrogen and oxygen atoms in total. The Bertz CT molecular complexity index is 182. The highest BCUT2D eigenvalue weighted by Crippen LogP contribution is 2.29. The zero-order valence-electron chi connectivity index (χ0n) is 6.68. The molecular formula is C6H12F2N2O2. The zero-order valence-corrected chi connectivity index (χ0v) is 6.68. The molecule has 0 amide bonds. The minimum atomic E-state index is -3.48. The summed E-state index contributed by atoms with van der Waals surface area (Å²) in [4.78, 5) is 10.3. The lowest BCUT2D eigenvalue weighted by Crippen LogP contribution is -2.59. The highest BCUT2D eigenvalue weighted by atomic mass is 19.3. The molecule has 12 heavy (non-hydrogen) atoms. The van der Waals surface area contributed by atoms with Gasteiger partial charge in [-0.2, -0.15) is 0 Å². The van der Waals surface area contributed by atoms with E-state index < -0.39 is 23.9 Å². The second kappa shape index (κ2) is 3.32. The molecule has 0 aliphatic carbocycles. The van der Waals surface area contributed by atoms with Crippen LogP contribution in [-0.2, 0) is 4.79 Å². The lowest BCUT2D eigenvalue weighted by molar-refractivity contribution is -0.160. The van der Waals surface area contributed by atoms with Gasteiger partial charge in [0, 0.05) is 6.42 Å². The minimum Gasteiger partial charge on any atom is -0.480 e. The smallest absolute Gasteiger partial charge is 0.329 e. The van der Waals surface area contributed by atoms with Gasteiger partial charge in [0.25, 0.3) is 5.92 Å². The fourth-order valence-corrected chi connectivity index (χ4v) is 0.597. The van der Waals surface area contributed by atoms with Crippen molar-refractivity contribution < 1.29 is 18.7 Å². The number of carboxylic acid groups (broad SMARTS) is 1. The molecule has 1 atom stereocenters. The van der Waals surface area contributed by atoms with Crippen LogP contribution in [0.2, 0.25) is 0 Å². The first-order valence-electron chi connectivity index (χ1n) is 3.36. The summed E-state index contributed by atoms with van der Waals surface area (Å²) in [6, 6.07) is 0. The normalized spacial score (nSPS) is 17.1. The summed E-state index contributed by atoms with van der Waals surface area (Å²) in [6.07, 6.45) is -0.730. The van der Waals surface area contributed by atoms with Crippen molar-refractivity contribution in [3.05, 3.63) is 0 Å². The molecule has 0 heterocycles. The first-order chi connectivity index (χ1) is 5.25. The predicted octanol–water partition coefficient (Wildman–Crippen LogP) is -0.227. The van der Waals surface area contributed by atoms with Crippen LogP contribution in [0.4, 0.5) is 8.78 Å². The van der Waals surface area contributed by atoms with Crippen LogP contribution >= 0.6 is 0 Å². The molecule has 5 N–H and O–H groups in total. The van der Waals surface area contributed by atoms with Crippen molar-refractivity contribution in [1.82, 2.24) is 0 Å². The largest absolute Gasteiger partial charge is 0.480 e. The van der Waals surface area contributed by atoms with E-state index in [0.29, 0.717) is 0 Å². The van der Waals surface area contributed by atoms with Gasteiger partial charge in [0.1, 0.15) is 0 Å². The third kappa shape index (κ3) is 1.89. The van der Waals surface area contributed by atoms with E-state index >= 15 is 0 Å². The number of hydrogen-bond donors (Lipinski definition) is 3. The van der Waals surface area contributed by atoms with Gasteiger partial charge in [0.2, 0.25) is 0 Å². The lowest BCUT2D eigenvalue weighted by Gasteiger charge is -2.29. The number of hydrogen-bond acceptors (Lipinski definition) is 3. The van der Waals surface area contributed by atoms with Crippen molar-refractivity contribution in [1.29, 1.82) is 0 Å². The molecule has 0 aromatic heterocycles. The van der Waals surface area contributed by atoms with Crippen molar-refractivity contribution in [3.63, 3.8) is 0 Å². The predicted molar refractivity (Wildman–Crippen MR) is 38.8 cm³/mol. The van der Waals surface area contributed by atoms with Crippen LogP contribution < -0.4 is 11.5 Å². The van der Waals surface area contributed by atoms with E-state index in [1.165, 1.54) is 0 Å². The molecule has 0 aromatic carbocycles. The van der Waals surface area contributed by atoms with E-state index in [1.54, 1.807) is 0 Å². The molecule has 0 bridgehead atoms. The summed E-state index contributed by atoms with van der Waals surface area (Å²) in [6.45, 7) is 0.470. The van der Waals surface area contributed by atoms with Crippen molar-refractivity contribution in [3.8, 4) is 0 Å². The van der Waals surface area contributed by atoms with Crippen LogP contribution in [0.25, 0.3) is 0 Å². The maximum Gasteiger partial charge on any atom is 0.329 e. The number of halogens is 2. The van der Waals surface area contributed by atoms with Crippen molar-refractivity contribution >= 4 is 5.97 Å². The molecule has 6 heteroatoms. The van der Waals surface area contributed by atoms with Crippen LogP contribution in [-0.4, -0.2) is 29.1 Å². The van der Waals surface area contributed by atoms with Gasteiger partial charge in [-0.3, -0.25) is 0 Å². The Morgan fingerprint density at radius 1 is 1.58 bits per heavy atom. The Hall–Kier alpha value is -0.750. The van der Waals surface area contributed by atoms with E-state index in [4.69, 9.17) is 16.6 Å². The summed E-state index contributed by atoms with van der Waals surface area (Å²) >= 11 is 0. The Morgan fingerprint density at radius 2 is 2.00 bits per heavy atom. The molecule has 0 aliphatic heterocycles. The molecule has 0 rings (SSSR count). The van der Waals surface area contributed by atoms with Crippen molar-refractivity contribution in [2.45, 2.75) is 24.8 Å². The first kappa shape index (κ1) is 11.2. The highest BCUT2D eigenvalue weighted by Gasteiger charge is 2.52. The highest BCUT2D eigenvalue weighted by molar-refractivity contribution is 5.79. The van der Waals surface area contributed by atoms with Gasteiger partial charge < -0.3 is 16.6 Å². The Labute approximate surface area is 68.5 Å². The zero-order chi connectivity index (χ0) is 9.99. The van der Waals surface area contributed by atoms with E-state index in [2.05, 4.69) is 0 Å². The van der Waals surface area contributed by atoms with Crippen LogP contribution in [0.15, 0.2) is 0 Å². The van der Waals surface area contributed by atoms with Gasteiger partial charge in [-0.25, -0.2) is 13.6 Å². The number of carboxylic acids is 1. The standard InChI is InChI=1S/C6H12F2N2O2/c1-5(10,4(11)12)6(7,8)2-3-9/h2-3,9-10H2,1H3,(H,11,12)/t5-/m1/s1. The Kier molecular flexibility index (Phi) is 3.11. The molecule has 0 radical (unpaired) electrons. The van der Waals surface area contributed by atoms with Gasteiger partial charge in [-0.1, -0.05) is 0 Å². The van der Waals surface area contributed by atoms with Gasteiger partial charge in [-0.15, -0.1) is 0 Å². The second-order valence-corrected chi connectivity index (χ2v) is 2.75. The monoisotopic (exact) mass is 182 g/mol. The van der Waals surface area contributed by atoms with Gasteiger partial charge in [0.05, 0.1) is 0 Å². The molecule has 0 spiro atoms. The average molecular weight is 182 g/mol. The third-order valence-corrected chi connectivity index (χ3v) is 1.66. The molecule has 72 valence electrons. The second-order valence-electron chi connectivity index (χ2n) is 2.75.